The fourth-order valence-electron chi connectivity index (χ4n) is 3.87. The van der Waals surface area contributed by atoms with Crippen LogP contribution >= 0.6 is 0 Å². The highest BCUT2D eigenvalue weighted by atomic mass is 16.3. The molecule has 130 valence electrons. The first-order valence-electron chi connectivity index (χ1n) is 9.22. The van der Waals surface area contributed by atoms with E-state index >= 15 is 0 Å². The van der Waals surface area contributed by atoms with Gasteiger partial charge in [0.15, 0.2) is 5.76 Å². The summed E-state index contributed by atoms with van der Waals surface area (Å²) in [6.45, 7) is 5.28. The Labute approximate surface area is 152 Å². The Balaban J connectivity index is 1.76. The summed E-state index contributed by atoms with van der Waals surface area (Å²) in [5.41, 5.74) is 6.25. The van der Waals surface area contributed by atoms with Gasteiger partial charge in [-0.3, -0.25) is 4.79 Å². The van der Waals surface area contributed by atoms with Crippen molar-refractivity contribution in [3.05, 3.63) is 59.2 Å². The third-order valence-corrected chi connectivity index (χ3v) is 5.53. The van der Waals surface area contributed by atoms with Crippen LogP contribution in [0.15, 0.2) is 46.9 Å². The molecular formula is C23H21NO2. The molecule has 2 aromatic heterocycles. The number of carbonyl (C=O) groups excluding carboxylic acids is 1. The molecule has 0 unspecified atom stereocenters. The molecule has 0 amide bonds. The van der Waals surface area contributed by atoms with Gasteiger partial charge < -0.3 is 8.98 Å². The van der Waals surface area contributed by atoms with Crippen molar-refractivity contribution in [3.8, 4) is 11.5 Å². The third kappa shape index (κ3) is 2.38. The van der Waals surface area contributed by atoms with E-state index in [1.807, 2.05) is 18.2 Å². The van der Waals surface area contributed by atoms with Gasteiger partial charge in [-0.15, -0.1) is 0 Å². The van der Waals surface area contributed by atoms with Crippen LogP contribution < -0.4 is 0 Å². The fourth-order valence-corrected chi connectivity index (χ4v) is 3.87. The Kier molecular flexibility index (Phi) is 3.33. The molecular weight excluding hydrogens is 322 g/mol. The van der Waals surface area contributed by atoms with Crippen LogP contribution in [0.3, 0.4) is 0 Å². The van der Waals surface area contributed by atoms with Crippen LogP contribution in [0.25, 0.3) is 33.3 Å². The minimum absolute atomic E-state index is 0.645. The zero-order valence-electron chi connectivity index (χ0n) is 15.1. The second-order valence-electron chi connectivity index (χ2n) is 7.58. The highest BCUT2D eigenvalue weighted by Gasteiger charge is 2.25. The van der Waals surface area contributed by atoms with Crippen molar-refractivity contribution < 1.29 is 9.21 Å². The lowest BCUT2D eigenvalue weighted by Crippen LogP contribution is -2.01. The Morgan fingerprint density at radius 3 is 2.73 bits per heavy atom. The van der Waals surface area contributed by atoms with E-state index in [1.165, 1.54) is 29.3 Å². The number of aryl methyl sites for hydroxylation is 2. The molecule has 0 atom stereocenters. The Hall–Kier alpha value is -2.81. The first-order chi connectivity index (χ1) is 12.6. The van der Waals surface area contributed by atoms with Gasteiger partial charge in [-0.2, -0.15) is 0 Å². The molecule has 1 saturated carbocycles. The molecule has 1 aliphatic carbocycles. The number of aromatic nitrogens is 1. The highest BCUT2D eigenvalue weighted by Crippen LogP contribution is 2.39. The molecule has 2 aromatic carbocycles. The largest absolute Gasteiger partial charge is 0.454 e. The standard InChI is InChI=1S/C23H21NO2/c1-14-3-7-18-11-21(24(20(18)9-14)12-16-4-5-16)23-15(2)19-8-6-17(13-25)10-22(19)26-23/h3,6-11,13,16H,4-5,12H2,1-2H3. The van der Waals surface area contributed by atoms with E-state index in [1.54, 1.807) is 0 Å². The average molecular weight is 343 g/mol. The van der Waals surface area contributed by atoms with Gasteiger partial charge in [0.05, 0.1) is 5.69 Å². The number of hydrogen-bond donors (Lipinski definition) is 0. The zero-order chi connectivity index (χ0) is 17.8. The number of carbonyl (C=O) groups is 1. The maximum atomic E-state index is 11.1. The quantitative estimate of drug-likeness (QED) is 0.433. The van der Waals surface area contributed by atoms with Gasteiger partial charge in [0.2, 0.25) is 0 Å². The number of furan rings is 1. The molecule has 0 N–H and O–H groups in total. The van der Waals surface area contributed by atoms with Crippen molar-refractivity contribution in [3.63, 3.8) is 0 Å². The second kappa shape index (κ2) is 5.60. The van der Waals surface area contributed by atoms with Gasteiger partial charge in [-0.1, -0.05) is 24.3 Å². The predicted octanol–water partition coefficient (Wildman–Crippen LogP) is 5.89. The Bertz CT molecular complexity index is 1160. The molecule has 3 nitrogen and oxygen atoms in total. The van der Waals surface area contributed by atoms with Crippen molar-refractivity contribution in [1.29, 1.82) is 0 Å². The van der Waals surface area contributed by atoms with Crippen LogP contribution in [-0.4, -0.2) is 10.9 Å². The first kappa shape index (κ1) is 15.4. The van der Waals surface area contributed by atoms with Crippen LogP contribution in [-0.2, 0) is 6.54 Å². The van der Waals surface area contributed by atoms with Crippen molar-refractivity contribution in [2.45, 2.75) is 33.2 Å². The predicted molar refractivity (Wildman–Crippen MR) is 105 cm³/mol. The molecule has 2 heterocycles. The van der Waals surface area contributed by atoms with Gasteiger partial charge in [0.1, 0.15) is 11.9 Å². The number of fused-ring (bicyclic) bond motifs is 2. The molecule has 1 aliphatic rings. The van der Waals surface area contributed by atoms with Crippen LogP contribution in [0.1, 0.15) is 34.3 Å². The minimum atomic E-state index is 0.645. The van der Waals surface area contributed by atoms with Crippen molar-refractivity contribution in [2.75, 3.05) is 0 Å². The highest BCUT2D eigenvalue weighted by molar-refractivity contribution is 5.94. The fraction of sp³-hybridized carbons (Fsp3) is 0.261. The third-order valence-electron chi connectivity index (χ3n) is 5.53. The van der Waals surface area contributed by atoms with Crippen molar-refractivity contribution in [2.24, 2.45) is 5.92 Å². The van der Waals surface area contributed by atoms with E-state index in [9.17, 15) is 4.79 Å². The van der Waals surface area contributed by atoms with E-state index in [4.69, 9.17) is 4.42 Å². The van der Waals surface area contributed by atoms with Gasteiger partial charge in [0, 0.05) is 34.0 Å². The molecule has 4 aromatic rings. The van der Waals surface area contributed by atoms with Gasteiger partial charge in [-0.25, -0.2) is 0 Å². The Morgan fingerprint density at radius 1 is 1.12 bits per heavy atom. The van der Waals surface area contributed by atoms with Crippen LogP contribution in [0.5, 0.6) is 0 Å². The number of nitrogens with zero attached hydrogens (tertiary/aromatic N) is 1. The van der Waals surface area contributed by atoms with Gasteiger partial charge >= 0.3 is 0 Å². The second-order valence-corrected chi connectivity index (χ2v) is 7.58. The van der Waals surface area contributed by atoms with E-state index in [-0.39, 0.29) is 0 Å². The smallest absolute Gasteiger partial charge is 0.154 e. The van der Waals surface area contributed by atoms with E-state index < -0.39 is 0 Å². The van der Waals surface area contributed by atoms with Gasteiger partial charge in [0.25, 0.3) is 0 Å². The zero-order valence-corrected chi connectivity index (χ0v) is 15.1. The molecule has 1 fully saturated rings. The molecule has 5 rings (SSSR count). The van der Waals surface area contributed by atoms with Crippen LogP contribution in [0.2, 0.25) is 0 Å². The lowest BCUT2D eigenvalue weighted by atomic mass is 10.1. The topological polar surface area (TPSA) is 35.1 Å². The minimum Gasteiger partial charge on any atom is -0.454 e. The van der Waals surface area contributed by atoms with E-state index in [0.717, 1.165) is 46.7 Å². The SMILES string of the molecule is Cc1ccc2cc(-c3oc4cc(C=O)ccc4c3C)n(CC3CC3)c2c1. The Morgan fingerprint density at radius 2 is 1.96 bits per heavy atom. The lowest BCUT2D eigenvalue weighted by molar-refractivity contribution is 0.112. The molecule has 0 spiro atoms. The number of hydrogen-bond acceptors (Lipinski definition) is 2. The van der Waals surface area contributed by atoms with Crippen molar-refractivity contribution in [1.82, 2.24) is 4.57 Å². The molecule has 26 heavy (non-hydrogen) atoms. The van der Waals surface area contributed by atoms with E-state index in [2.05, 4.69) is 42.7 Å². The van der Waals surface area contributed by atoms with Crippen LogP contribution in [0, 0.1) is 19.8 Å². The number of aldehydes is 1. The summed E-state index contributed by atoms with van der Waals surface area (Å²) in [5.74, 6) is 1.69. The summed E-state index contributed by atoms with van der Waals surface area (Å²) in [6, 6.07) is 14.5. The van der Waals surface area contributed by atoms with Crippen molar-refractivity contribution >= 4 is 28.2 Å². The molecule has 0 saturated heterocycles. The van der Waals surface area contributed by atoms with Crippen LogP contribution in [0.4, 0.5) is 0 Å². The normalized spacial score (nSPS) is 14.4. The lowest BCUT2D eigenvalue weighted by Gasteiger charge is -2.09. The summed E-state index contributed by atoms with van der Waals surface area (Å²) in [4.78, 5) is 11.1. The van der Waals surface area contributed by atoms with E-state index in [0.29, 0.717) is 5.56 Å². The first-order valence-corrected chi connectivity index (χ1v) is 9.22. The maximum absolute atomic E-state index is 11.1. The number of rotatable bonds is 4. The average Bonchev–Trinajstić information content (AvgIpc) is 3.32. The molecule has 0 bridgehead atoms. The summed E-state index contributed by atoms with van der Waals surface area (Å²) in [7, 11) is 0. The molecule has 0 aliphatic heterocycles. The van der Waals surface area contributed by atoms with Gasteiger partial charge in [-0.05, 0) is 56.4 Å². The summed E-state index contributed by atoms with van der Waals surface area (Å²) in [5, 5.41) is 2.32. The monoisotopic (exact) mass is 343 g/mol. The molecule has 0 radical (unpaired) electrons. The number of benzene rings is 2. The summed E-state index contributed by atoms with van der Waals surface area (Å²) >= 11 is 0. The summed E-state index contributed by atoms with van der Waals surface area (Å²) < 4.78 is 8.67. The molecule has 3 heteroatoms. The summed E-state index contributed by atoms with van der Waals surface area (Å²) in [6.07, 6.45) is 3.49. The maximum Gasteiger partial charge on any atom is 0.154 e.